The molecular weight excluding hydrogens is 314 g/mol. The fourth-order valence-corrected chi connectivity index (χ4v) is 3.92. The van der Waals surface area contributed by atoms with Crippen molar-refractivity contribution in [3.8, 4) is 0 Å². The Kier molecular flexibility index (Phi) is 3.12. The number of nitrogen functional groups attached to an aromatic ring is 1. The number of aromatic amines is 1. The summed E-state index contributed by atoms with van der Waals surface area (Å²) in [6.45, 7) is 0.946. The van der Waals surface area contributed by atoms with Gasteiger partial charge in [-0.3, -0.25) is 4.90 Å². The highest BCUT2D eigenvalue weighted by molar-refractivity contribution is 7.80. The van der Waals surface area contributed by atoms with Gasteiger partial charge >= 0.3 is 0 Å². The second-order valence-electron chi connectivity index (χ2n) is 5.50. The number of H-pyrrole nitrogens is 1. The minimum Gasteiger partial charge on any atom is -0.385 e. The monoisotopic (exact) mass is 329 g/mol. The van der Waals surface area contributed by atoms with Crippen LogP contribution in [0.25, 0.3) is 0 Å². The van der Waals surface area contributed by atoms with Gasteiger partial charge in [-0.2, -0.15) is 0 Å². The van der Waals surface area contributed by atoms with Gasteiger partial charge in [-0.15, -0.1) is 0 Å². The fraction of sp³-hybridized carbons (Fsp3) is 0.267. The second-order valence-corrected chi connectivity index (χ2v) is 6.25. The number of nitrogens with two attached hydrogens (primary N) is 1. The number of para-hydroxylation sites is 1. The van der Waals surface area contributed by atoms with Gasteiger partial charge in [0.25, 0.3) is 0 Å². The van der Waals surface area contributed by atoms with E-state index < -0.39 is 0 Å². The Morgan fingerprint density at radius 1 is 1.23 bits per heavy atom. The molecule has 1 atom stereocenters. The van der Waals surface area contributed by atoms with E-state index in [0.29, 0.717) is 10.6 Å². The summed E-state index contributed by atoms with van der Waals surface area (Å²) in [5.74, 6) is 1.36. The number of thiocarbonyl (C=S) groups is 1. The maximum absolute atomic E-state index is 6.23. The Labute approximate surface area is 138 Å². The quantitative estimate of drug-likeness (QED) is 0.783. The Morgan fingerprint density at radius 2 is 2.00 bits per heavy atom. The predicted molar refractivity (Wildman–Crippen MR) is 93.7 cm³/mol. The van der Waals surface area contributed by atoms with Gasteiger partial charge in [0.2, 0.25) is 0 Å². The second kappa shape index (κ2) is 5.03. The number of anilines is 3. The van der Waals surface area contributed by atoms with Crippen molar-refractivity contribution in [3.05, 3.63) is 40.7 Å². The number of nitrogens with zero attached hydrogens (tertiary/aromatic N) is 3. The zero-order valence-electron chi connectivity index (χ0n) is 11.8. The van der Waals surface area contributed by atoms with Crippen LogP contribution < -0.4 is 10.6 Å². The molecule has 0 radical (unpaired) electrons. The van der Waals surface area contributed by atoms with E-state index in [1.54, 1.807) is 0 Å². The van der Waals surface area contributed by atoms with E-state index in [0.717, 1.165) is 41.6 Å². The molecule has 0 bridgehead atoms. The first-order valence-corrected chi connectivity index (χ1v) is 8.04. The van der Waals surface area contributed by atoms with Crippen LogP contribution in [-0.2, 0) is 0 Å². The summed E-state index contributed by atoms with van der Waals surface area (Å²) < 4.78 is 0.381. The predicted octanol–water partition coefficient (Wildman–Crippen LogP) is 3.29. The smallest absolute Gasteiger partial charge is 0.200 e. The number of hydrogen-bond acceptors (Lipinski definition) is 4. The zero-order valence-corrected chi connectivity index (χ0v) is 13.5. The highest BCUT2D eigenvalue weighted by Crippen LogP contribution is 2.46. The molecule has 0 amide bonds. The molecule has 7 heteroatoms. The van der Waals surface area contributed by atoms with E-state index in [4.69, 9.17) is 30.2 Å². The number of nitrogens with one attached hydrogen (secondary N) is 1. The van der Waals surface area contributed by atoms with Crippen LogP contribution in [0.4, 0.5) is 17.3 Å². The Hall–Kier alpha value is -1.99. The van der Waals surface area contributed by atoms with Crippen LogP contribution in [-0.4, -0.2) is 26.5 Å². The zero-order chi connectivity index (χ0) is 15.3. The molecule has 0 aliphatic carbocycles. The van der Waals surface area contributed by atoms with Crippen molar-refractivity contribution in [3.63, 3.8) is 0 Å². The number of rotatable bonds is 1. The third-order valence-electron chi connectivity index (χ3n) is 4.23. The average molecular weight is 329 g/mol. The van der Waals surface area contributed by atoms with Crippen molar-refractivity contribution in [2.45, 2.75) is 18.9 Å². The highest BCUT2D eigenvalue weighted by Gasteiger charge is 2.41. The van der Waals surface area contributed by atoms with Crippen LogP contribution in [0.15, 0.2) is 30.3 Å². The van der Waals surface area contributed by atoms with Crippen LogP contribution in [0.3, 0.4) is 0 Å². The van der Waals surface area contributed by atoms with Crippen LogP contribution in [0.1, 0.15) is 24.4 Å². The molecule has 2 aromatic rings. The molecule has 1 unspecified atom stereocenters. The number of aromatic nitrogens is 2. The number of hydrogen-bond donors (Lipinski definition) is 2. The fourth-order valence-electron chi connectivity index (χ4n) is 3.31. The van der Waals surface area contributed by atoms with Gasteiger partial charge in [-0.1, -0.05) is 18.2 Å². The third-order valence-corrected chi connectivity index (χ3v) is 4.84. The summed E-state index contributed by atoms with van der Waals surface area (Å²) in [5, 5.41) is 0.772. The normalized spacial score (nSPS) is 20.0. The Bertz CT molecular complexity index is 801. The molecule has 3 N–H and O–H groups in total. The Morgan fingerprint density at radius 3 is 2.77 bits per heavy atom. The summed E-state index contributed by atoms with van der Waals surface area (Å²) in [7, 11) is 0. The molecule has 22 heavy (non-hydrogen) atoms. The summed E-state index contributed by atoms with van der Waals surface area (Å²) in [6.07, 6.45) is 2.13. The van der Waals surface area contributed by atoms with Gasteiger partial charge in [0.15, 0.2) is 15.7 Å². The molecule has 3 heterocycles. The summed E-state index contributed by atoms with van der Waals surface area (Å²) in [4.78, 5) is 11.7. The van der Waals surface area contributed by atoms with Gasteiger partial charge in [0, 0.05) is 12.2 Å². The van der Waals surface area contributed by atoms with Crippen molar-refractivity contribution in [2.75, 3.05) is 17.2 Å². The molecule has 0 saturated carbocycles. The lowest BCUT2D eigenvalue weighted by Crippen LogP contribution is -2.45. The van der Waals surface area contributed by atoms with E-state index in [-0.39, 0.29) is 6.04 Å². The van der Waals surface area contributed by atoms with Crippen LogP contribution >= 0.6 is 24.4 Å². The molecule has 1 saturated heterocycles. The lowest BCUT2D eigenvalue weighted by Gasteiger charge is -2.41. The first kappa shape index (κ1) is 13.7. The van der Waals surface area contributed by atoms with E-state index in [2.05, 4.69) is 14.9 Å². The lowest BCUT2D eigenvalue weighted by molar-refractivity contribution is 0.393. The van der Waals surface area contributed by atoms with Crippen LogP contribution in [0, 0.1) is 4.77 Å². The van der Waals surface area contributed by atoms with E-state index >= 15 is 0 Å². The first-order valence-electron chi connectivity index (χ1n) is 7.22. The van der Waals surface area contributed by atoms with E-state index in [9.17, 15) is 0 Å². The molecule has 4 rings (SSSR count). The molecule has 1 fully saturated rings. The third kappa shape index (κ3) is 1.93. The van der Waals surface area contributed by atoms with Gasteiger partial charge in [0.05, 0.1) is 11.6 Å². The van der Waals surface area contributed by atoms with Gasteiger partial charge in [-0.05, 0) is 49.4 Å². The maximum Gasteiger partial charge on any atom is 0.200 e. The molecule has 2 aliphatic heterocycles. The molecule has 112 valence electrons. The summed E-state index contributed by atoms with van der Waals surface area (Å²) in [6, 6.07) is 10.2. The first-order chi connectivity index (χ1) is 10.7. The van der Waals surface area contributed by atoms with E-state index in [1.807, 2.05) is 35.2 Å². The van der Waals surface area contributed by atoms with Gasteiger partial charge in [-0.25, -0.2) is 4.98 Å². The topological polar surface area (TPSA) is 61.2 Å². The lowest BCUT2D eigenvalue weighted by atomic mass is 10.0. The molecule has 1 aromatic heterocycles. The molecular formula is C15H15N5S2. The minimum absolute atomic E-state index is 0.196. The SMILES string of the molecule is Nc1[nH]c(=S)nc2c1C1CCCN1C(=S)N2c1ccccc1. The molecule has 5 nitrogen and oxygen atoms in total. The maximum atomic E-state index is 6.23. The average Bonchev–Trinajstić information content (AvgIpc) is 2.97. The number of benzene rings is 1. The van der Waals surface area contributed by atoms with Gasteiger partial charge < -0.3 is 15.6 Å². The van der Waals surface area contributed by atoms with Crippen molar-refractivity contribution >= 4 is 46.9 Å². The van der Waals surface area contributed by atoms with Crippen molar-refractivity contribution in [1.29, 1.82) is 0 Å². The van der Waals surface area contributed by atoms with Crippen molar-refractivity contribution in [1.82, 2.24) is 14.9 Å². The molecule has 0 spiro atoms. The number of fused-ring (bicyclic) bond motifs is 3. The van der Waals surface area contributed by atoms with Crippen LogP contribution in [0.5, 0.6) is 0 Å². The Balaban J connectivity index is 1.99. The van der Waals surface area contributed by atoms with E-state index in [1.165, 1.54) is 0 Å². The standard InChI is InChI=1S/C15H15N5S2/c16-12-11-10-7-4-8-19(10)15(22)20(9-5-2-1-3-6-9)13(11)18-14(21)17-12/h1-3,5-6,10H,4,7-8H2,(H3,16,17,18,21). The van der Waals surface area contributed by atoms with Crippen molar-refractivity contribution in [2.24, 2.45) is 0 Å². The minimum atomic E-state index is 0.196. The molecule has 1 aromatic carbocycles. The molecule has 2 aliphatic rings. The highest BCUT2D eigenvalue weighted by atomic mass is 32.1. The summed E-state index contributed by atoms with van der Waals surface area (Å²) in [5.41, 5.74) is 8.21. The summed E-state index contributed by atoms with van der Waals surface area (Å²) >= 11 is 11.0. The van der Waals surface area contributed by atoms with Gasteiger partial charge in [0.1, 0.15) is 5.82 Å². The largest absolute Gasteiger partial charge is 0.385 e. The van der Waals surface area contributed by atoms with Crippen molar-refractivity contribution < 1.29 is 0 Å². The van der Waals surface area contributed by atoms with Crippen LogP contribution in [0.2, 0.25) is 0 Å².